The minimum Gasteiger partial charge on any atom is -0.456 e. The summed E-state index contributed by atoms with van der Waals surface area (Å²) in [5.41, 5.74) is 19.5. The number of fused-ring (bicyclic) bond motifs is 12. The molecule has 0 saturated carbocycles. The molecular formula is C61H40N2O2. The summed E-state index contributed by atoms with van der Waals surface area (Å²) < 4.78 is 17.5. The summed E-state index contributed by atoms with van der Waals surface area (Å²) in [5, 5.41) is 8.25. The number of benzene rings is 9. The number of hydrogen-bond acceptors (Lipinski definition) is 2. The van der Waals surface area contributed by atoms with Gasteiger partial charge in [0, 0.05) is 66.3 Å². The first-order chi connectivity index (χ1) is 32.1. The molecule has 0 saturated heterocycles. The molecule has 0 spiro atoms. The van der Waals surface area contributed by atoms with Gasteiger partial charge in [-0.2, -0.15) is 0 Å². The predicted octanol–water partition coefficient (Wildman–Crippen LogP) is 16.9. The Morgan fingerprint density at radius 1 is 0.369 bits per heavy atom. The van der Waals surface area contributed by atoms with Gasteiger partial charge in [0.05, 0.1) is 16.6 Å². The van der Waals surface area contributed by atoms with Gasteiger partial charge in [-0.15, -0.1) is 0 Å². The van der Waals surface area contributed by atoms with Crippen molar-refractivity contribution in [1.29, 1.82) is 0 Å². The molecule has 4 aromatic heterocycles. The molecule has 0 amide bonds. The summed E-state index contributed by atoms with van der Waals surface area (Å²) in [4.78, 5) is 0. The molecule has 9 aromatic carbocycles. The monoisotopic (exact) mass is 832 g/mol. The van der Waals surface area contributed by atoms with E-state index in [4.69, 9.17) is 8.83 Å². The molecule has 1 unspecified atom stereocenters. The van der Waals surface area contributed by atoms with Crippen molar-refractivity contribution in [2.24, 2.45) is 0 Å². The van der Waals surface area contributed by atoms with Crippen LogP contribution in [0.2, 0.25) is 0 Å². The number of allylic oxidation sites excluding steroid dienone is 1. The van der Waals surface area contributed by atoms with Gasteiger partial charge in [0.1, 0.15) is 22.3 Å². The van der Waals surface area contributed by atoms with Crippen LogP contribution in [0.15, 0.2) is 209 Å². The van der Waals surface area contributed by atoms with E-state index in [1.54, 1.807) is 0 Å². The zero-order valence-electron chi connectivity index (χ0n) is 35.6. The Kier molecular flexibility index (Phi) is 7.70. The summed E-state index contributed by atoms with van der Waals surface area (Å²) in [5.74, 6) is 0.243. The molecule has 13 aromatic rings. The van der Waals surface area contributed by atoms with Crippen LogP contribution in [-0.4, -0.2) is 9.13 Å². The standard InChI is InChI=1S/C61H40N2O2/c1-37-30-43(34-53-50-32-41(39-14-6-3-7-15-39)21-27-56(50)63(61(37)53)45-24-29-60-52(36-45)47-17-9-11-19-58(47)65-60)42-22-26-55-49(33-42)48-31-40(38-12-4-2-5-13-38)20-25-54(48)62(55)44-23-28-59-51(35-44)46-16-8-10-18-57(46)64-59/h2-29,31-37H,30H2,1H3. The van der Waals surface area contributed by atoms with E-state index in [0.717, 1.165) is 61.7 Å². The highest BCUT2D eigenvalue weighted by Gasteiger charge is 2.28. The second-order valence-electron chi connectivity index (χ2n) is 17.7. The van der Waals surface area contributed by atoms with Crippen LogP contribution in [0.1, 0.15) is 36.1 Å². The fourth-order valence-electron chi connectivity index (χ4n) is 10.9. The van der Waals surface area contributed by atoms with Crippen molar-refractivity contribution < 1.29 is 8.83 Å². The average molecular weight is 833 g/mol. The van der Waals surface area contributed by atoms with E-state index in [1.807, 2.05) is 18.2 Å². The molecule has 0 radical (unpaired) electrons. The summed E-state index contributed by atoms with van der Waals surface area (Å²) >= 11 is 0. The Bertz CT molecular complexity index is 4100. The summed E-state index contributed by atoms with van der Waals surface area (Å²) in [6.45, 7) is 2.40. The highest BCUT2D eigenvalue weighted by atomic mass is 16.3. The lowest BCUT2D eigenvalue weighted by Crippen LogP contribution is -2.09. The van der Waals surface area contributed by atoms with Crippen LogP contribution in [-0.2, 0) is 0 Å². The first-order valence-electron chi connectivity index (χ1n) is 22.5. The molecule has 4 nitrogen and oxygen atoms in total. The minimum absolute atomic E-state index is 0.243. The van der Waals surface area contributed by atoms with Crippen molar-refractivity contribution in [3.8, 4) is 33.6 Å². The number of rotatable bonds is 5. The summed E-state index contributed by atoms with van der Waals surface area (Å²) in [6.07, 6.45) is 3.40. The number of aromatic nitrogens is 2. The Hall–Kier alpha value is -8.34. The van der Waals surface area contributed by atoms with Crippen LogP contribution in [0.3, 0.4) is 0 Å². The van der Waals surface area contributed by atoms with Crippen molar-refractivity contribution in [2.75, 3.05) is 0 Å². The van der Waals surface area contributed by atoms with Gasteiger partial charge in [-0.3, -0.25) is 0 Å². The van der Waals surface area contributed by atoms with E-state index in [9.17, 15) is 0 Å². The van der Waals surface area contributed by atoms with Crippen molar-refractivity contribution in [2.45, 2.75) is 19.3 Å². The normalized spacial score (nSPS) is 14.1. The zero-order valence-corrected chi connectivity index (χ0v) is 35.6. The van der Waals surface area contributed by atoms with Crippen molar-refractivity contribution in [3.63, 3.8) is 0 Å². The SMILES string of the molecule is CC1CC(c2ccc3c(c2)c2cc(-c4ccccc4)ccc2n3-c2ccc3oc4ccccc4c3c2)=Cc2c1n(-c1ccc3oc4ccccc4c3c1)c1ccc(-c3ccccc3)cc21. The Labute approximate surface area is 374 Å². The summed E-state index contributed by atoms with van der Waals surface area (Å²) in [6, 6.07) is 72.5. The van der Waals surface area contributed by atoms with Gasteiger partial charge >= 0.3 is 0 Å². The van der Waals surface area contributed by atoms with Gasteiger partial charge in [0.2, 0.25) is 0 Å². The fourth-order valence-corrected chi connectivity index (χ4v) is 10.9. The van der Waals surface area contributed by atoms with Gasteiger partial charge in [-0.05, 0) is 131 Å². The minimum atomic E-state index is 0.243. The molecule has 4 heteroatoms. The number of nitrogens with zero attached hydrogens (tertiary/aromatic N) is 2. The third-order valence-electron chi connectivity index (χ3n) is 13.9. The number of furan rings is 2. The average Bonchev–Trinajstić information content (AvgIpc) is 4.11. The molecule has 0 aliphatic heterocycles. The van der Waals surface area contributed by atoms with Gasteiger partial charge in [0.15, 0.2) is 0 Å². The molecule has 1 aliphatic carbocycles. The van der Waals surface area contributed by atoms with E-state index in [2.05, 4.69) is 204 Å². The number of hydrogen-bond donors (Lipinski definition) is 0. The van der Waals surface area contributed by atoms with Gasteiger partial charge in [-0.1, -0.05) is 122 Å². The van der Waals surface area contributed by atoms with Crippen LogP contribution in [0.25, 0.3) is 122 Å². The van der Waals surface area contributed by atoms with Crippen molar-refractivity contribution in [1.82, 2.24) is 9.13 Å². The van der Waals surface area contributed by atoms with E-state index in [0.29, 0.717) is 0 Å². The van der Waals surface area contributed by atoms with Crippen LogP contribution in [0.4, 0.5) is 0 Å². The quantitative estimate of drug-likeness (QED) is 0.173. The van der Waals surface area contributed by atoms with Crippen molar-refractivity contribution in [3.05, 3.63) is 217 Å². The predicted molar refractivity (Wildman–Crippen MR) is 270 cm³/mol. The Balaban J connectivity index is 0.982. The molecule has 65 heavy (non-hydrogen) atoms. The maximum Gasteiger partial charge on any atom is 0.135 e. The second kappa shape index (κ2) is 13.8. The molecule has 0 fully saturated rings. The van der Waals surface area contributed by atoms with Crippen LogP contribution >= 0.6 is 0 Å². The van der Waals surface area contributed by atoms with Gasteiger partial charge in [-0.25, -0.2) is 0 Å². The van der Waals surface area contributed by atoms with Crippen LogP contribution in [0.5, 0.6) is 0 Å². The molecule has 1 atom stereocenters. The van der Waals surface area contributed by atoms with Gasteiger partial charge < -0.3 is 18.0 Å². The smallest absolute Gasteiger partial charge is 0.135 e. The third kappa shape index (κ3) is 5.50. The van der Waals surface area contributed by atoms with Crippen LogP contribution in [0, 0.1) is 0 Å². The first kappa shape index (κ1) is 36.2. The van der Waals surface area contributed by atoms with Gasteiger partial charge in [0.25, 0.3) is 0 Å². The topological polar surface area (TPSA) is 36.1 Å². The molecule has 14 rings (SSSR count). The summed E-state index contributed by atoms with van der Waals surface area (Å²) in [7, 11) is 0. The zero-order chi connectivity index (χ0) is 42.8. The van der Waals surface area contributed by atoms with E-state index in [1.165, 1.54) is 77.4 Å². The van der Waals surface area contributed by atoms with E-state index in [-0.39, 0.29) is 5.92 Å². The maximum absolute atomic E-state index is 6.29. The molecule has 0 N–H and O–H groups in total. The lowest BCUT2D eigenvalue weighted by Gasteiger charge is -2.24. The Morgan fingerprint density at radius 2 is 0.831 bits per heavy atom. The van der Waals surface area contributed by atoms with Crippen LogP contribution < -0.4 is 0 Å². The second-order valence-corrected chi connectivity index (χ2v) is 17.7. The Morgan fingerprint density at radius 3 is 1.42 bits per heavy atom. The largest absolute Gasteiger partial charge is 0.456 e. The molecule has 306 valence electrons. The lowest BCUT2D eigenvalue weighted by molar-refractivity contribution is 0.668. The number of para-hydroxylation sites is 2. The fraction of sp³-hybridized carbons (Fsp3) is 0.0492. The third-order valence-corrected chi connectivity index (χ3v) is 13.9. The highest BCUT2D eigenvalue weighted by molar-refractivity contribution is 6.13. The highest BCUT2D eigenvalue weighted by Crippen LogP contribution is 2.47. The molecular weight excluding hydrogens is 793 g/mol. The maximum atomic E-state index is 6.29. The molecule has 4 heterocycles. The molecule has 0 bridgehead atoms. The first-order valence-corrected chi connectivity index (χ1v) is 22.5. The lowest BCUT2D eigenvalue weighted by atomic mass is 9.84. The van der Waals surface area contributed by atoms with E-state index < -0.39 is 0 Å². The molecule has 1 aliphatic rings. The van der Waals surface area contributed by atoms with Crippen molar-refractivity contribution >= 4 is 88.2 Å². The van der Waals surface area contributed by atoms with E-state index >= 15 is 0 Å².